The van der Waals surface area contributed by atoms with E-state index in [1.165, 1.54) is 12.0 Å². The van der Waals surface area contributed by atoms with E-state index in [9.17, 15) is 4.79 Å². The molecule has 1 aromatic rings. The number of likely N-dealkylation sites (N-methyl/N-ethyl adjacent to an activating group) is 1. The zero-order valence-corrected chi connectivity index (χ0v) is 15.4. The largest absolute Gasteiger partial charge is 0.468 e. The average Bonchev–Trinajstić information content (AvgIpc) is 2.48. The first-order valence-electron chi connectivity index (χ1n) is 7.23. The molecule has 0 bridgehead atoms. The van der Waals surface area contributed by atoms with E-state index in [0.29, 0.717) is 0 Å². The number of hydrogen-bond donors (Lipinski definition) is 1. The van der Waals surface area contributed by atoms with Gasteiger partial charge in [-0.05, 0) is 56.3 Å². The summed E-state index contributed by atoms with van der Waals surface area (Å²) in [6.07, 6.45) is 2.88. The third-order valence-electron chi connectivity index (χ3n) is 3.36. The lowest BCUT2D eigenvalue weighted by Crippen LogP contribution is -2.50. The van der Waals surface area contributed by atoms with Gasteiger partial charge in [0.05, 0.1) is 7.11 Å². The fourth-order valence-corrected chi connectivity index (χ4v) is 3.36. The van der Waals surface area contributed by atoms with E-state index in [4.69, 9.17) is 4.74 Å². The van der Waals surface area contributed by atoms with Crippen LogP contribution in [0, 0.1) is 0 Å². The van der Waals surface area contributed by atoms with Crippen LogP contribution in [0.15, 0.2) is 33.6 Å². The first-order chi connectivity index (χ1) is 10.0. The number of hydrogen-bond acceptors (Lipinski definition) is 4. The van der Waals surface area contributed by atoms with Crippen LogP contribution in [0.2, 0.25) is 0 Å². The van der Waals surface area contributed by atoms with Gasteiger partial charge in [0.15, 0.2) is 0 Å². The van der Waals surface area contributed by atoms with Crippen LogP contribution in [0.25, 0.3) is 0 Å². The molecule has 1 rings (SSSR count). The Balaban J connectivity index is 2.31. The second kappa shape index (κ2) is 9.49. The van der Waals surface area contributed by atoms with Crippen molar-refractivity contribution in [1.29, 1.82) is 0 Å². The smallest absolute Gasteiger partial charge is 0.325 e. The molecule has 1 unspecified atom stereocenters. The highest BCUT2D eigenvalue weighted by Crippen LogP contribution is 2.23. The van der Waals surface area contributed by atoms with Crippen LogP contribution in [0.5, 0.6) is 0 Å². The van der Waals surface area contributed by atoms with Crippen LogP contribution in [0.1, 0.15) is 33.1 Å². The Morgan fingerprint density at radius 1 is 1.33 bits per heavy atom. The van der Waals surface area contributed by atoms with Gasteiger partial charge in [-0.1, -0.05) is 29.3 Å². The third-order valence-corrected chi connectivity index (χ3v) is 4.98. The first kappa shape index (κ1) is 18.5. The number of esters is 1. The molecule has 0 radical (unpaired) electrons. The number of benzene rings is 1. The summed E-state index contributed by atoms with van der Waals surface area (Å²) >= 11 is 5.29. The van der Waals surface area contributed by atoms with Crippen molar-refractivity contribution in [2.45, 2.75) is 43.5 Å². The van der Waals surface area contributed by atoms with E-state index in [-0.39, 0.29) is 5.97 Å². The molecular formula is C16H24BrNO2S. The standard InChI is InChI=1S/C16H24BrNO2S/c1-4-18-16(2,15(19)20-3)11-5-6-12-21-14-9-7-13(17)8-10-14/h7-10,18H,4-6,11-12H2,1-3H3. The predicted octanol–water partition coefficient (Wildman–Crippen LogP) is 4.25. The normalized spacial score (nSPS) is 13.7. The zero-order chi connectivity index (χ0) is 15.7. The van der Waals surface area contributed by atoms with E-state index in [2.05, 4.69) is 45.5 Å². The van der Waals surface area contributed by atoms with E-state index >= 15 is 0 Å². The lowest BCUT2D eigenvalue weighted by molar-refractivity contribution is -0.148. The topological polar surface area (TPSA) is 38.3 Å². The van der Waals surface area contributed by atoms with Gasteiger partial charge >= 0.3 is 5.97 Å². The van der Waals surface area contributed by atoms with Gasteiger partial charge in [-0.15, -0.1) is 11.8 Å². The molecule has 118 valence electrons. The fraction of sp³-hybridized carbons (Fsp3) is 0.562. The molecule has 1 N–H and O–H groups in total. The number of nitrogens with one attached hydrogen (secondary N) is 1. The maximum atomic E-state index is 11.8. The molecule has 0 aliphatic rings. The Labute approximate surface area is 140 Å². The number of ether oxygens (including phenoxy) is 1. The summed E-state index contributed by atoms with van der Waals surface area (Å²) < 4.78 is 6.00. The maximum absolute atomic E-state index is 11.8. The van der Waals surface area contributed by atoms with Crippen molar-refractivity contribution in [3.63, 3.8) is 0 Å². The highest BCUT2D eigenvalue weighted by Gasteiger charge is 2.32. The first-order valence-corrected chi connectivity index (χ1v) is 9.01. The number of rotatable bonds is 9. The van der Waals surface area contributed by atoms with Crippen LogP contribution in [-0.4, -0.2) is 30.9 Å². The molecule has 0 aromatic heterocycles. The van der Waals surface area contributed by atoms with Crippen molar-refractivity contribution in [3.05, 3.63) is 28.7 Å². The van der Waals surface area contributed by atoms with Gasteiger partial charge in [0.2, 0.25) is 0 Å². The molecule has 0 heterocycles. The molecule has 5 heteroatoms. The highest BCUT2D eigenvalue weighted by atomic mass is 79.9. The molecular weight excluding hydrogens is 350 g/mol. The van der Waals surface area contributed by atoms with Gasteiger partial charge in [0.25, 0.3) is 0 Å². The molecule has 0 amide bonds. The quantitative estimate of drug-likeness (QED) is 0.398. The Kier molecular flexibility index (Phi) is 8.37. The summed E-state index contributed by atoms with van der Waals surface area (Å²) in [6.45, 7) is 4.69. The highest BCUT2D eigenvalue weighted by molar-refractivity contribution is 9.10. The lowest BCUT2D eigenvalue weighted by atomic mass is 9.95. The SMILES string of the molecule is CCNC(C)(CCCCSc1ccc(Br)cc1)C(=O)OC. The summed E-state index contributed by atoms with van der Waals surface area (Å²) in [5.41, 5.74) is -0.564. The van der Waals surface area contributed by atoms with Crippen molar-refractivity contribution >= 4 is 33.7 Å². The molecule has 0 saturated carbocycles. The Morgan fingerprint density at radius 3 is 2.57 bits per heavy atom. The number of methoxy groups -OCH3 is 1. The molecule has 0 fully saturated rings. The van der Waals surface area contributed by atoms with Gasteiger partial charge < -0.3 is 10.1 Å². The zero-order valence-electron chi connectivity index (χ0n) is 12.9. The third kappa shape index (κ3) is 6.41. The number of unbranched alkanes of at least 4 members (excludes halogenated alkanes) is 1. The van der Waals surface area contributed by atoms with Crippen molar-refractivity contribution in [3.8, 4) is 0 Å². The molecule has 0 spiro atoms. The lowest BCUT2D eigenvalue weighted by Gasteiger charge is -2.27. The Bertz CT molecular complexity index is 438. The van der Waals surface area contributed by atoms with E-state index in [0.717, 1.165) is 36.0 Å². The minimum atomic E-state index is -0.564. The summed E-state index contributed by atoms with van der Waals surface area (Å²) in [7, 11) is 1.45. The molecule has 1 atom stereocenters. The monoisotopic (exact) mass is 373 g/mol. The average molecular weight is 374 g/mol. The van der Waals surface area contributed by atoms with Crippen LogP contribution in [-0.2, 0) is 9.53 Å². The van der Waals surface area contributed by atoms with E-state index < -0.39 is 5.54 Å². The minimum absolute atomic E-state index is 0.176. The molecule has 0 saturated heterocycles. The van der Waals surface area contributed by atoms with Crippen molar-refractivity contribution in [2.75, 3.05) is 19.4 Å². The van der Waals surface area contributed by atoms with Crippen LogP contribution >= 0.6 is 27.7 Å². The van der Waals surface area contributed by atoms with Crippen LogP contribution in [0.3, 0.4) is 0 Å². The Morgan fingerprint density at radius 2 is 2.00 bits per heavy atom. The maximum Gasteiger partial charge on any atom is 0.325 e. The molecule has 0 aliphatic heterocycles. The van der Waals surface area contributed by atoms with E-state index in [1.807, 2.05) is 25.6 Å². The molecule has 0 aliphatic carbocycles. The fourth-order valence-electron chi connectivity index (χ4n) is 2.18. The van der Waals surface area contributed by atoms with Crippen molar-refractivity contribution in [2.24, 2.45) is 0 Å². The summed E-state index contributed by atoms with van der Waals surface area (Å²) in [5, 5.41) is 3.24. The summed E-state index contributed by atoms with van der Waals surface area (Å²) in [6, 6.07) is 8.35. The summed E-state index contributed by atoms with van der Waals surface area (Å²) in [5.74, 6) is 0.885. The molecule has 21 heavy (non-hydrogen) atoms. The van der Waals surface area contributed by atoms with Crippen molar-refractivity contribution < 1.29 is 9.53 Å². The minimum Gasteiger partial charge on any atom is -0.468 e. The second-order valence-corrected chi connectivity index (χ2v) is 7.20. The summed E-state index contributed by atoms with van der Waals surface area (Å²) in [4.78, 5) is 13.1. The molecule has 3 nitrogen and oxygen atoms in total. The predicted molar refractivity (Wildman–Crippen MR) is 92.8 cm³/mol. The number of carbonyl (C=O) groups excluding carboxylic acids is 1. The van der Waals surface area contributed by atoms with E-state index in [1.54, 1.807) is 0 Å². The van der Waals surface area contributed by atoms with Crippen LogP contribution in [0.4, 0.5) is 0 Å². The van der Waals surface area contributed by atoms with Gasteiger partial charge in [0.1, 0.15) is 5.54 Å². The number of thioether (sulfide) groups is 1. The van der Waals surface area contributed by atoms with Gasteiger partial charge in [0, 0.05) is 9.37 Å². The van der Waals surface area contributed by atoms with Crippen molar-refractivity contribution in [1.82, 2.24) is 5.32 Å². The van der Waals surface area contributed by atoms with Gasteiger partial charge in [-0.2, -0.15) is 0 Å². The van der Waals surface area contributed by atoms with Gasteiger partial charge in [-0.3, -0.25) is 4.79 Å². The van der Waals surface area contributed by atoms with Crippen LogP contribution < -0.4 is 5.32 Å². The second-order valence-electron chi connectivity index (χ2n) is 5.11. The van der Waals surface area contributed by atoms with Gasteiger partial charge in [-0.25, -0.2) is 0 Å². The number of halogens is 1. The molecule has 1 aromatic carbocycles. The number of carbonyl (C=O) groups is 1. The Hall–Kier alpha value is -0.520.